The minimum atomic E-state index is -0.985. The van der Waals surface area contributed by atoms with E-state index in [0.717, 1.165) is 22.6 Å². The molecule has 1 heterocycles. The van der Waals surface area contributed by atoms with E-state index in [9.17, 15) is 9.59 Å². The van der Waals surface area contributed by atoms with Crippen molar-refractivity contribution in [1.82, 2.24) is 4.98 Å². The number of anilines is 1. The largest absolute Gasteiger partial charge is 0.477 e. The van der Waals surface area contributed by atoms with Gasteiger partial charge in [0.05, 0.1) is 11.4 Å². The lowest BCUT2D eigenvalue weighted by molar-refractivity contribution is -0.113. The van der Waals surface area contributed by atoms with Gasteiger partial charge >= 0.3 is 5.97 Å². The Morgan fingerprint density at radius 2 is 1.95 bits per heavy atom. The fraction of sp³-hybridized carbons (Fsp3) is 0.214. The average Bonchev–Trinajstić information content (AvgIpc) is 2.81. The van der Waals surface area contributed by atoms with Crippen LogP contribution in [0.5, 0.6) is 0 Å². The first kappa shape index (κ1) is 15.5. The molecule has 0 unspecified atom stereocenters. The fourth-order valence-electron chi connectivity index (χ4n) is 1.59. The quantitative estimate of drug-likeness (QED) is 0.827. The van der Waals surface area contributed by atoms with Gasteiger partial charge in [-0.15, -0.1) is 11.3 Å². The predicted octanol–water partition coefficient (Wildman–Crippen LogP) is 3.19. The van der Waals surface area contributed by atoms with Crippen molar-refractivity contribution >= 4 is 40.7 Å². The molecule has 110 valence electrons. The number of thioether (sulfide) groups is 1. The van der Waals surface area contributed by atoms with Gasteiger partial charge in [-0.05, 0) is 26.0 Å². The summed E-state index contributed by atoms with van der Waals surface area (Å²) in [4.78, 5) is 27.1. The first-order chi connectivity index (χ1) is 9.95. The third-order valence-corrected chi connectivity index (χ3v) is 4.92. The van der Waals surface area contributed by atoms with Gasteiger partial charge in [-0.25, -0.2) is 9.78 Å². The number of rotatable bonds is 5. The number of carboxylic acids is 1. The lowest BCUT2D eigenvalue weighted by Crippen LogP contribution is -2.13. The Labute approximate surface area is 130 Å². The van der Waals surface area contributed by atoms with Crippen LogP contribution in [0.4, 0.5) is 5.69 Å². The molecule has 5 nitrogen and oxygen atoms in total. The van der Waals surface area contributed by atoms with E-state index < -0.39 is 5.97 Å². The Morgan fingerprint density at radius 1 is 1.29 bits per heavy atom. The van der Waals surface area contributed by atoms with Gasteiger partial charge in [0.25, 0.3) is 0 Å². The van der Waals surface area contributed by atoms with Crippen molar-refractivity contribution in [3.8, 4) is 0 Å². The summed E-state index contributed by atoms with van der Waals surface area (Å²) < 4.78 is 0.587. The fourth-order valence-corrected chi connectivity index (χ4v) is 3.42. The summed E-state index contributed by atoms with van der Waals surface area (Å²) in [5.74, 6) is -0.936. The Hall–Kier alpha value is -1.86. The van der Waals surface area contributed by atoms with Crippen molar-refractivity contribution in [2.45, 2.75) is 18.2 Å². The van der Waals surface area contributed by atoms with Crippen LogP contribution in [0.25, 0.3) is 0 Å². The molecule has 1 aromatic carbocycles. The number of carbonyl (C=O) groups is 2. The molecule has 0 atom stereocenters. The average molecular weight is 322 g/mol. The van der Waals surface area contributed by atoms with Crippen molar-refractivity contribution in [3.05, 3.63) is 40.4 Å². The van der Waals surface area contributed by atoms with Crippen LogP contribution in [0.1, 0.15) is 20.9 Å². The van der Waals surface area contributed by atoms with E-state index in [0.29, 0.717) is 10.0 Å². The maximum atomic E-state index is 11.8. The molecule has 2 aromatic rings. The van der Waals surface area contributed by atoms with Crippen molar-refractivity contribution in [3.63, 3.8) is 0 Å². The van der Waals surface area contributed by atoms with Crippen LogP contribution in [0.3, 0.4) is 0 Å². The van der Waals surface area contributed by atoms with E-state index in [1.165, 1.54) is 11.8 Å². The minimum Gasteiger partial charge on any atom is -0.477 e. The molecule has 1 amide bonds. The van der Waals surface area contributed by atoms with E-state index in [2.05, 4.69) is 10.3 Å². The van der Waals surface area contributed by atoms with Gasteiger partial charge in [0.1, 0.15) is 4.88 Å². The molecule has 0 saturated carbocycles. The predicted molar refractivity (Wildman–Crippen MR) is 84.3 cm³/mol. The highest BCUT2D eigenvalue weighted by Crippen LogP contribution is 2.27. The number of benzene rings is 1. The number of carboxylic acid groups (broad SMARTS) is 1. The molecule has 0 aliphatic heterocycles. The summed E-state index contributed by atoms with van der Waals surface area (Å²) >= 11 is 2.33. The van der Waals surface area contributed by atoms with Gasteiger partial charge in [0.15, 0.2) is 4.34 Å². The first-order valence-electron chi connectivity index (χ1n) is 6.16. The van der Waals surface area contributed by atoms with Crippen LogP contribution >= 0.6 is 23.1 Å². The van der Waals surface area contributed by atoms with Gasteiger partial charge in [-0.3, -0.25) is 4.79 Å². The van der Waals surface area contributed by atoms with Gasteiger partial charge < -0.3 is 10.4 Å². The zero-order chi connectivity index (χ0) is 15.4. The molecule has 1 aromatic heterocycles. The molecule has 0 saturated heterocycles. The van der Waals surface area contributed by atoms with E-state index >= 15 is 0 Å². The lowest BCUT2D eigenvalue weighted by Gasteiger charge is -2.04. The minimum absolute atomic E-state index is 0.145. The van der Waals surface area contributed by atoms with E-state index in [1.54, 1.807) is 6.92 Å². The second-order valence-electron chi connectivity index (χ2n) is 4.40. The molecule has 0 spiro atoms. The van der Waals surface area contributed by atoms with Crippen molar-refractivity contribution in [2.24, 2.45) is 0 Å². The number of nitrogens with one attached hydrogen (secondary N) is 1. The highest BCUT2D eigenvalue weighted by molar-refractivity contribution is 8.01. The Kier molecular flexibility index (Phi) is 4.98. The number of carbonyl (C=O) groups excluding carboxylic acids is 1. The monoisotopic (exact) mass is 322 g/mol. The highest BCUT2D eigenvalue weighted by Gasteiger charge is 2.15. The first-order valence-corrected chi connectivity index (χ1v) is 7.96. The zero-order valence-corrected chi connectivity index (χ0v) is 13.2. The van der Waals surface area contributed by atoms with Crippen LogP contribution < -0.4 is 5.32 Å². The molecular weight excluding hydrogens is 308 g/mol. The Bertz CT molecular complexity index is 665. The van der Waals surface area contributed by atoms with Gasteiger partial charge in [0, 0.05) is 5.69 Å². The normalized spacial score (nSPS) is 10.4. The molecular formula is C14H14N2O3S2. The molecule has 0 bridgehead atoms. The lowest BCUT2D eigenvalue weighted by atomic mass is 10.2. The van der Waals surface area contributed by atoms with Gasteiger partial charge in [-0.1, -0.05) is 29.5 Å². The molecule has 0 radical (unpaired) electrons. The molecule has 2 rings (SSSR count). The number of aryl methyl sites for hydroxylation is 2. The summed E-state index contributed by atoms with van der Waals surface area (Å²) in [6.07, 6.45) is 0. The molecule has 0 aliphatic carbocycles. The molecule has 0 aliphatic rings. The number of aromatic carboxylic acids is 1. The van der Waals surface area contributed by atoms with E-state index in [4.69, 9.17) is 5.11 Å². The summed E-state index contributed by atoms with van der Waals surface area (Å²) in [6.45, 7) is 3.63. The van der Waals surface area contributed by atoms with Gasteiger partial charge in [-0.2, -0.15) is 0 Å². The van der Waals surface area contributed by atoms with Crippen molar-refractivity contribution < 1.29 is 14.7 Å². The third kappa shape index (κ3) is 4.30. The van der Waals surface area contributed by atoms with Crippen molar-refractivity contribution in [1.29, 1.82) is 0 Å². The molecule has 21 heavy (non-hydrogen) atoms. The number of aromatic nitrogens is 1. The van der Waals surface area contributed by atoms with Crippen LogP contribution in [-0.4, -0.2) is 27.7 Å². The topological polar surface area (TPSA) is 79.3 Å². The number of thiazole rings is 1. The molecule has 7 heteroatoms. The number of hydrogen-bond acceptors (Lipinski definition) is 5. The van der Waals surface area contributed by atoms with E-state index in [-0.39, 0.29) is 16.5 Å². The molecule has 0 fully saturated rings. The maximum absolute atomic E-state index is 11.8. The number of amides is 1. The summed E-state index contributed by atoms with van der Waals surface area (Å²) in [7, 11) is 0. The van der Waals surface area contributed by atoms with Crippen LogP contribution in [-0.2, 0) is 4.79 Å². The van der Waals surface area contributed by atoms with Crippen LogP contribution in [0, 0.1) is 13.8 Å². The standard InChI is InChI=1S/C14H14N2O3S2/c1-8-3-5-10(6-4-8)16-11(17)7-20-14-15-9(2)12(21-14)13(18)19/h3-6H,7H2,1-2H3,(H,16,17)(H,18,19). The highest BCUT2D eigenvalue weighted by atomic mass is 32.2. The smallest absolute Gasteiger partial charge is 0.347 e. The SMILES string of the molecule is Cc1ccc(NC(=O)CSc2nc(C)c(C(=O)O)s2)cc1. The Balaban J connectivity index is 1.90. The Morgan fingerprint density at radius 3 is 2.52 bits per heavy atom. The number of hydrogen-bond donors (Lipinski definition) is 2. The number of nitrogens with zero attached hydrogens (tertiary/aromatic N) is 1. The van der Waals surface area contributed by atoms with Crippen LogP contribution in [0.15, 0.2) is 28.6 Å². The van der Waals surface area contributed by atoms with Gasteiger partial charge in [0.2, 0.25) is 5.91 Å². The summed E-state index contributed by atoms with van der Waals surface area (Å²) in [5.41, 5.74) is 2.35. The van der Waals surface area contributed by atoms with Crippen molar-refractivity contribution in [2.75, 3.05) is 11.1 Å². The summed E-state index contributed by atoms with van der Waals surface area (Å²) in [5, 5.41) is 11.7. The second-order valence-corrected chi connectivity index (χ2v) is 6.62. The maximum Gasteiger partial charge on any atom is 0.347 e. The third-order valence-electron chi connectivity index (χ3n) is 2.63. The second kappa shape index (κ2) is 6.73. The molecule has 2 N–H and O–H groups in total. The van der Waals surface area contributed by atoms with E-state index in [1.807, 2.05) is 31.2 Å². The summed E-state index contributed by atoms with van der Waals surface area (Å²) in [6, 6.07) is 7.53. The van der Waals surface area contributed by atoms with Crippen LogP contribution in [0.2, 0.25) is 0 Å². The zero-order valence-electron chi connectivity index (χ0n) is 11.5.